The Kier molecular flexibility index (Phi) is 12.7. The van der Waals surface area contributed by atoms with Crippen molar-refractivity contribution in [2.45, 2.75) is 11.7 Å². The molecular weight excluding hydrogens is 274 g/mol. The molecule has 0 aliphatic heterocycles. The van der Waals surface area contributed by atoms with Gasteiger partial charge in [-0.2, -0.15) is 8.42 Å². The minimum atomic E-state index is -4.96. The third-order valence-electron chi connectivity index (χ3n) is 1.67. The summed E-state index contributed by atoms with van der Waals surface area (Å²) in [5, 5.41) is 14.7. The van der Waals surface area contributed by atoms with Crippen LogP contribution in [0.15, 0.2) is 12.7 Å². The zero-order valence-electron chi connectivity index (χ0n) is 9.53. The van der Waals surface area contributed by atoms with E-state index < -0.39 is 33.2 Å². The average Bonchev–Trinajstić information content (AvgIpc) is 1.99. The van der Waals surface area contributed by atoms with Gasteiger partial charge in [-0.15, -0.1) is 6.58 Å². The summed E-state index contributed by atoms with van der Waals surface area (Å²) < 4.78 is 29.9. The molecule has 0 aromatic rings. The molecule has 0 rings (SSSR count). The van der Waals surface area contributed by atoms with Crippen LogP contribution in [0, 0.1) is 5.92 Å². The molecule has 0 spiro atoms. The van der Waals surface area contributed by atoms with Gasteiger partial charge in [0.25, 0.3) is 10.1 Å². The molecule has 0 aromatic heterocycles. The average molecular weight is 284 g/mol. The van der Waals surface area contributed by atoms with E-state index in [1.54, 1.807) is 0 Å². The molecule has 0 bridgehead atoms. The van der Waals surface area contributed by atoms with Gasteiger partial charge in [0.1, 0.15) is 0 Å². The summed E-state index contributed by atoms with van der Waals surface area (Å²) in [5.41, 5.74) is 0. The number of carboxylic acid groups (broad SMARTS) is 2. The van der Waals surface area contributed by atoms with Gasteiger partial charge in [-0.3, -0.25) is 14.1 Å². The molecule has 86 valence electrons. The van der Waals surface area contributed by atoms with E-state index in [2.05, 4.69) is 6.58 Å². The fourth-order valence-electron chi connectivity index (χ4n) is 1.04. The van der Waals surface area contributed by atoms with Crippen molar-refractivity contribution in [3.63, 3.8) is 0 Å². The fourth-order valence-corrected chi connectivity index (χ4v) is 1.94. The number of hydrogen-bond donors (Lipinski definition) is 3. The standard InChI is InChI=1S/C7H10O7S.2Na/c1-2-3-4(6(8)9)5(7(10)11)15(12,13)14;;/h2,4-5H,1,3H2,(H,8,9)(H,10,11)(H,12,13,14);;/q;2*+1. The van der Waals surface area contributed by atoms with Crippen molar-refractivity contribution in [1.82, 2.24) is 0 Å². The minimum absolute atomic E-state index is 0. The molecule has 0 aliphatic carbocycles. The predicted molar refractivity (Wildman–Crippen MR) is 48.9 cm³/mol. The van der Waals surface area contributed by atoms with Crippen molar-refractivity contribution in [2.24, 2.45) is 5.92 Å². The van der Waals surface area contributed by atoms with E-state index in [0.717, 1.165) is 6.08 Å². The second-order valence-corrected chi connectivity index (χ2v) is 4.28. The zero-order chi connectivity index (χ0) is 12.2. The molecule has 2 atom stereocenters. The fraction of sp³-hybridized carbons (Fsp3) is 0.429. The third kappa shape index (κ3) is 7.58. The van der Waals surface area contributed by atoms with Crippen molar-refractivity contribution >= 4 is 22.1 Å². The molecule has 17 heavy (non-hydrogen) atoms. The summed E-state index contributed by atoms with van der Waals surface area (Å²) in [6, 6.07) is 0. The van der Waals surface area contributed by atoms with Gasteiger partial charge in [-0.25, -0.2) is 0 Å². The molecule has 0 heterocycles. The van der Waals surface area contributed by atoms with E-state index in [0.29, 0.717) is 0 Å². The van der Waals surface area contributed by atoms with Crippen molar-refractivity contribution in [1.29, 1.82) is 0 Å². The van der Waals surface area contributed by atoms with Crippen LogP contribution < -0.4 is 59.1 Å². The number of allylic oxidation sites excluding steroid dienone is 1. The van der Waals surface area contributed by atoms with Crippen LogP contribution in [0.5, 0.6) is 0 Å². The van der Waals surface area contributed by atoms with Crippen LogP contribution in [0.25, 0.3) is 0 Å². The maximum atomic E-state index is 10.7. The zero-order valence-corrected chi connectivity index (χ0v) is 14.3. The number of hydrogen-bond acceptors (Lipinski definition) is 4. The smallest absolute Gasteiger partial charge is 0.481 e. The normalized spacial score (nSPS) is 13.5. The Labute approximate surface area is 143 Å². The summed E-state index contributed by atoms with van der Waals surface area (Å²) in [5.74, 6) is -5.29. The van der Waals surface area contributed by atoms with E-state index in [1.807, 2.05) is 0 Å². The molecule has 3 N–H and O–H groups in total. The van der Waals surface area contributed by atoms with E-state index in [1.165, 1.54) is 0 Å². The first kappa shape index (κ1) is 22.7. The maximum absolute atomic E-state index is 10.7. The van der Waals surface area contributed by atoms with Crippen LogP contribution in [0.3, 0.4) is 0 Å². The van der Waals surface area contributed by atoms with Gasteiger partial charge < -0.3 is 10.2 Å². The monoisotopic (exact) mass is 284 g/mol. The topological polar surface area (TPSA) is 129 Å². The molecule has 2 unspecified atom stereocenters. The second kappa shape index (κ2) is 9.51. The quantitative estimate of drug-likeness (QED) is 0.251. The summed E-state index contributed by atoms with van der Waals surface area (Å²) in [7, 11) is -4.96. The Bertz CT molecular complexity index is 378. The van der Waals surface area contributed by atoms with Gasteiger partial charge in [-0.05, 0) is 6.42 Å². The van der Waals surface area contributed by atoms with Crippen molar-refractivity contribution in [3.8, 4) is 0 Å². The van der Waals surface area contributed by atoms with Crippen molar-refractivity contribution in [2.75, 3.05) is 0 Å². The van der Waals surface area contributed by atoms with Crippen molar-refractivity contribution in [3.05, 3.63) is 12.7 Å². The molecule has 0 fully saturated rings. The first-order chi connectivity index (χ1) is 6.71. The Morgan fingerprint density at radius 2 is 1.59 bits per heavy atom. The molecule has 0 saturated carbocycles. The Balaban J connectivity index is -0.000000980. The van der Waals surface area contributed by atoms with Crippen LogP contribution in [0.2, 0.25) is 0 Å². The Morgan fingerprint density at radius 3 is 1.76 bits per heavy atom. The third-order valence-corrected chi connectivity index (χ3v) is 2.84. The SMILES string of the molecule is C=CCC(C(=O)O)C(C(=O)O)S(=O)(=O)O.[Na+].[Na+]. The number of carbonyl (C=O) groups is 2. The minimum Gasteiger partial charge on any atom is -0.481 e. The van der Waals surface area contributed by atoms with Gasteiger partial charge in [0.05, 0.1) is 5.92 Å². The largest absolute Gasteiger partial charge is 1.00 e. The van der Waals surface area contributed by atoms with Gasteiger partial charge in [-0.1, -0.05) is 6.08 Å². The van der Waals surface area contributed by atoms with Crippen LogP contribution in [0.4, 0.5) is 0 Å². The number of rotatable bonds is 6. The molecule has 7 nitrogen and oxygen atoms in total. The molecule has 0 radical (unpaired) electrons. The summed E-state index contributed by atoms with van der Waals surface area (Å²) >= 11 is 0. The first-order valence-corrected chi connectivity index (χ1v) is 5.25. The molecule has 0 saturated heterocycles. The Morgan fingerprint density at radius 1 is 1.18 bits per heavy atom. The molecule has 10 heteroatoms. The summed E-state index contributed by atoms with van der Waals surface area (Å²) in [6.45, 7) is 3.17. The van der Waals surface area contributed by atoms with Crippen LogP contribution in [-0.4, -0.2) is 40.4 Å². The van der Waals surface area contributed by atoms with E-state index in [9.17, 15) is 18.0 Å². The molecular formula is C7H10Na2O7S+2. The van der Waals surface area contributed by atoms with Crippen LogP contribution in [0.1, 0.15) is 6.42 Å². The van der Waals surface area contributed by atoms with E-state index in [4.69, 9.17) is 14.8 Å². The van der Waals surface area contributed by atoms with Crippen LogP contribution in [-0.2, 0) is 19.7 Å². The number of aliphatic carboxylic acids is 2. The molecule has 0 aromatic carbocycles. The predicted octanol–water partition coefficient (Wildman–Crippen LogP) is -6.39. The van der Waals surface area contributed by atoms with Gasteiger partial charge in [0.2, 0.25) is 0 Å². The second-order valence-electron chi connectivity index (χ2n) is 2.74. The summed E-state index contributed by atoms with van der Waals surface area (Å²) in [4.78, 5) is 21.1. The summed E-state index contributed by atoms with van der Waals surface area (Å²) in [6.07, 6.45) is 0.700. The van der Waals surface area contributed by atoms with Crippen LogP contribution >= 0.6 is 0 Å². The van der Waals surface area contributed by atoms with E-state index >= 15 is 0 Å². The van der Waals surface area contributed by atoms with Gasteiger partial charge in [0.15, 0.2) is 5.25 Å². The maximum Gasteiger partial charge on any atom is 1.00 e. The molecule has 0 aliphatic rings. The van der Waals surface area contributed by atoms with E-state index in [-0.39, 0.29) is 65.5 Å². The Hall–Kier alpha value is 0.590. The van der Waals surface area contributed by atoms with Crippen molar-refractivity contribution < 1.29 is 91.9 Å². The van der Waals surface area contributed by atoms with Gasteiger partial charge in [0, 0.05) is 0 Å². The first-order valence-electron chi connectivity index (χ1n) is 3.74. The van der Waals surface area contributed by atoms with Gasteiger partial charge >= 0.3 is 71.1 Å². The number of carboxylic acids is 2. The molecule has 0 amide bonds.